The number of benzene rings is 1. The van der Waals surface area contributed by atoms with Gasteiger partial charge in [-0.25, -0.2) is 22.5 Å². The van der Waals surface area contributed by atoms with Crippen molar-refractivity contribution >= 4 is 33.0 Å². The molecule has 0 bridgehead atoms. The van der Waals surface area contributed by atoms with Gasteiger partial charge < -0.3 is 14.1 Å². The molecule has 3 aromatic rings. The number of furan rings is 1. The number of carbonyl (C=O) groups excluding carboxylic acids is 1. The van der Waals surface area contributed by atoms with Crippen molar-refractivity contribution < 1.29 is 22.4 Å². The van der Waals surface area contributed by atoms with E-state index in [0.29, 0.717) is 22.1 Å². The van der Waals surface area contributed by atoms with Gasteiger partial charge in [0.1, 0.15) is 6.61 Å². The molecule has 2 aromatic heterocycles. The lowest BCUT2D eigenvalue weighted by molar-refractivity contribution is 0.0469. The Hall–Kier alpha value is -2.69. The van der Waals surface area contributed by atoms with Crippen LogP contribution in [0.15, 0.2) is 51.3 Å². The molecule has 0 spiro atoms. The van der Waals surface area contributed by atoms with Gasteiger partial charge in [-0.1, -0.05) is 0 Å². The van der Waals surface area contributed by atoms with Crippen LogP contribution in [0.2, 0.25) is 0 Å². The fraction of sp³-hybridized carbons (Fsp3) is 0.333. The van der Waals surface area contributed by atoms with Crippen LogP contribution in [-0.4, -0.2) is 50.9 Å². The van der Waals surface area contributed by atoms with Crippen LogP contribution in [-0.2, 0) is 21.4 Å². The number of ether oxygens (including phenoxy) is 1. The summed E-state index contributed by atoms with van der Waals surface area (Å²) in [6.07, 6.45) is 3.63. The average Bonchev–Trinajstić information content (AvgIpc) is 3.53. The average molecular weight is 462 g/mol. The van der Waals surface area contributed by atoms with Gasteiger partial charge in [-0.15, -0.1) is 11.3 Å². The van der Waals surface area contributed by atoms with E-state index in [1.54, 1.807) is 23.8 Å². The molecule has 10 heteroatoms. The monoisotopic (exact) mass is 461 g/mol. The third kappa shape index (κ3) is 4.51. The predicted molar refractivity (Wildman–Crippen MR) is 118 cm³/mol. The van der Waals surface area contributed by atoms with Crippen molar-refractivity contribution in [1.82, 2.24) is 9.29 Å². The second-order valence-electron chi connectivity index (χ2n) is 7.36. The first-order valence-corrected chi connectivity index (χ1v) is 12.1. The van der Waals surface area contributed by atoms with E-state index in [4.69, 9.17) is 9.15 Å². The minimum Gasteiger partial charge on any atom is -0.462 e. The van der Waals surface area contributed by atoms with E-state index in [0.717, 1.165) is 30.2 Å². The number of hydrogen-bond donors (Lipinski definition) is 0. The summed E-state index contributed by atoms with van der Waals surface area (Å²) >= 11 is 1.40. The number of sulfonamides is 1. The van der Waals surface area contributed by atoms with E-state index in [9.17, 15) is 13.2 Å². The number of thiazole rings is 1. The lowest BCUT2D eigenvalue weighted by Gasteiger charge is -2.22. The first-order valence-electron chi connectivity index (χ1n) is 9.83. The van der Waals surface area contributed by atoms with Gasteiger partial charge in [0.15, 0.2) is 10.8 Å². The molecule has 164 valence electrons. The van der Waals surface area contributed by atoms with Crippen molar-refractivity contribution in [2.24, 2.45) is 0 Å². The Balaban J connectivity index is 1.58. The van der Waals surface area contributed by atoms with Crippen LogP contribution in [0.5, 0.6) is 0 Å². The highest BCUT2D eigenvalue weighted by atomic mass is 32.2. The van der Waals surface area contributed by atoms with Gasteiger partial charge in [-0.05, 0) is 43.2 Å². The smallest absolute Gasteiger partial charge is 0.340 e. The fourth-order valence-corrected chi connectivity index (χ4v) is 5.09. The second kappa shape index (κ2) is 8.81. The lowest BCUT2D eigenvalue weighted by atomic mass is 10.1. The van der Waals surface area contributed by atoms with Crippen molar-refractivity contribution in [2.75, 3.05) is 32.1 Å². The van der Waals surface area contributed by atoms with Crippen LogP contribution in [0.1, 0.15) is 28.9 Å². The highest BCUT2D eigenvalue weighted by molar-refractivity contribution is 7.89. The molecule has 0 radical (unpaired) electrons. The summed E-state index contributed by atoms with van der Waals surface area (Å²) in [6.45, 7) is 1.62. The first kappa shape index (κ1) is 21.5. The molecule has 8 nitrogen and oxygen atoms in total. The third-order valence-corrected chi connectivity index (χ3v) is 7.76. The molecule has 4 rings (SSSR count). The lowest BCUT2D eigenvalue weighted by Crippen LogP contribution is -2.24. The molecular weight excluding hydrogens is 438 g/mol. The molecule has 1 saturated heterocycles. The Morgan fingerprint density at radius 2 is 2.03 bits per heavy atom. The van der Waals surface area contributed by atoms with Gasteiger partial charge in [-0.3, -0.25) is 0 Å². The van der Waals surface area contributed by atoms with E-state index in [2.05, 4.69) is 9.88 Å². The molecule has 0 amide bonds. The Kier molecular flexibility index (Phi) is 6.12. The van der Waals surface area contributed by atoms with Gasteiger partial charge in [0.2, 0.25) is 10.0 Å². The zero-order chi connectivity index (χ0) is 22.0. The van der Waals surface area contributed by atoms with Crippen LogP contribution in [0.4, 0.5) is 5.69 Å². The molecular formula is C21H23N3O5S2. The van der Waals surface area contributed by atoms with E-state index in [1.165, 1.54) is 37.6 Å². The number of rotatable bonds is 7. The normalized spacial score (nSPS) is 14.4. The molecule has 1 aliphatic rings. The standard InChI is InChI=1S/C21H23N3O5S2/c1-23(2)31(26,27)16-7-8-18(24-9-3-4-10-24)17(12-16)21(25)29-13-15-14-30-20(22-15)19-6-5-11-28-19/h5-8,11-12,14H,3-4,9-10,13H2,1-2H3. The Labute approximate surface area is 185 Å². The van der Waals surface area contributed by atoms with Gasteiger partial charge in [0, 0.05) is 32.6 Å². The number of anilines is 1. The summed E-state index contributed by atoms with van der Waals surface area (Å²) in [6, 6.07) is 8.23. The quantitative estimate of drug-likeness (QED) is 0.496. The van der Waals surface area contributed by atoms with E-state index in [-0.39, 0.29) is 17.1 Å². The number of esters is 1. The molecule has 1 fully saturated rings. The van der Waals surface area contributed by atoms with Crippen LogP contribution < -0.4 is 4.90 Å². The van der Waals surface area contributed by atoms with Crippen LogP contribution in [0.25, 0.3) is 10.8 Å². The molecule has 1 aliphatic heterocycles. The summed E-state index contributed by atoms with van der Waals surface area (Å²) in [7, 11) is -0.758. The molecule has 0 atom stereocenters. The van der Waals surface area contributed by atoms with E-state index < -0.39 is 16.0 Å². The topological polar surface area (TPSA) is 93.0 Å². The Morgan fingerprint density at radius 1 is 1.26 bits per heavy atom. The van der Waals surface area contributed by atoms with Gasteiger partial charge in [0.05, 0.1) is 28.1 Å². The predicted octanol–water partition coefficient (Wildman–Crippen LogP) is 3.61. The van der Waals surface area contributed by atoms with Gasteiger partial charge >= 0.3 is 5.97 Å². The molecule has 0 unspecified atom stereocenters. The van der Waals surface area contributed by atoms with Crippen LogP contribution in [0.3, 0.4) is 0 Å². The number of carbonyl (C=O) groups is 1. The maximum atomic E-state index is 13.0. The summed E-state index contributed by atoms with van der Waals surface area (Å²) in [5.41, 5.74) is 1.53. The van der Waals surface area contributed by atoms with Crippen molar-refractivity contribution in [3.05, 3.63) is 53.2 Å². The number of hydrogen-bond acceptors (Lipinski definition) is 8. The largest absolute Gasteiger partial charge is 0.462 e. The van der Waals surface area contributed by atoms with Crippen molar-refractivity contribution in [3.8, 4) is 10.8 Å². The molecule has 3 heterocycles. The van der Waals surface area contributed by atoms with Crippen LogP contribution in [0, 0.1) is 0 Å². The summed E-state index contributed by atoms with van der Waals surface area (Å²) in [4.78, 5) is 19.6. The van der Waals surface area contributed by atoms with Crippen molar-refractivity contribution in [1.29, 1.82) is 0 Å². The first-order chi connectivity index (χ1) is 14.9. The minimum absolute atomic E-state index is 0.0137. The van der Waals surface area contributed by atoms with Crippen LogP contribution >= 0.6 is 11.3 Å². The SMILES string of the molecule is CN(C)S(=O)(=O)c1ccc(N2CCCC2)c(C(=O)OCc2csc(-c3ccco3)n2)c1. The van der Waals surface area contributed by atoms with Crippen molar-refractivity contribution in [2.45, 2.75) is 24.3 Å². The minimum atomic E-state index is -3.68. The Bertz CT molecular complexity index is 1160. The van der Waals surface area contributed by atoms with E-state index in [1.807, 2.05) is 6.07 Å². The zero-order valence-corrected chi connectivity index (χ0v) is 18.9. The van der Waals surface area contributed by atoms with Gasteiger partial charge in [0.25, 0.3) is 0 Å². The third-order valence-electron chi connectivity index (χ3n) is 5.05. The summed E-state index contributed by atoms with van der Waals surface area (Å²) in [5, 5.41) is 2.51. The number of nitrogens with zero attached hydrogens (tertiary/aromatic N) is 3. The molecule has 1 aromatic carbocycles. The zero-order valence-electron chi connectivity index (χ0n) is 17.3. The fourth-order valence-electron chi connectivity index (χ4n) is 3.39. The molecule has 0 N–H and O–H groups in total. The second-order valence-corrected chi connectivity index (χ2v) is 10.4. The Morgan fingerprint density at radius 3 is 2.71 bits per heavy atom. The molecule has 31 heavy (non-hydrogen) atoms. The maximum Gasteiger partial charge on any atom is 0.340 e. The van der Waals surface area contributed by atoms with Crippen molar-refractivity contribution in [3.63, 3.8) is 0 Å². The molecule has 0 saturated carbocycles. The molecule has 0 aliphatic carbocycles. The number of aromatic nitrogens is 1. The van der Waals surface area contributed by atoms with E-state index >= 15 is 0 Å². The maximum absolute atomic E-state index is 13.0. The highest BCUT2D eigenvalue weighted by Gasteiger charge is 2.25. The highest BCUT2D eigenvalue weighted by Crippen LogP contribution is 2.29. The van der Waals surface area contributed by atoms with Gasteiger partial charge in [-0.2, -0.15) is 0 Å². The summed E-state index contributed by atoms with van der Waals surface area (Å²) in [5.74, 6) is 0.0748. The summed E-state index contributed by atoms with van der Waals surface area (Å²) < 4.78 is 37.1.